The quantitative estimate of drug-likeness (QED) is 0.817. The fraction of sp³-hybridized carbons (Fsp3) is 0.800. The summed E-state index contributed by atoms with van der Waals surface area (Å²) in [7, 11) is 0. The second-order valence-corrected chi connectivity index (χ2v) is 8.55. The zero-order valence-electron chi connectivity index (χ0n) is 16.3. The predicted molar refractivity (Wildman–Crippen MR) is 100 cm³/mol. The third-order valence-electron chi connectivity index (χ3n) is 6.64. The summed E-state index contributed by atoms with van der Waals surface area (Å²) >= 11 is 0. The Kier molecular flexibility index (Phi) is 5.31. The summed E-state index contributed by atoms with van der Waals surface area (Å²) in [6.45, 7) is 3.21. The van der Waals surface area contributed by atoms with Gasteiger partial charge in [-0.1, -0.05) is 19.8 Å². The van der Waals surface area contributed by atoms with Gasteiger partial charge in [0.2, 0.25) is 5.91 Å². The van der Waals surface area contributed by atoms with Crippen LogP contribution in [0.4, 0.5) is 19.0 Å². The van der Waals surface area contributed by atoms with Crippen molar-refractivity contribution in [3.8, 4) is 0 Å². The van der Waals surface area contributed by atoms with Gasteiger partial charge in [-0.05, 0) is 38.5 Å². The van der Waals surface area contributed by atoms with E-state index in [4.69, 9.17) is 0 Å². The Balaban J connectivity index is 1.53. The van der Waals surface area contributed by atoms with Gasteiger partial charge in [0, 0.05) is 37.0 Å². The van der Waals surface area contributed by atoms with Gasteiger partial charge in [0.1, 0.15) is 5.82 Å². The lowest BCUT2D eigenvalue weighted by molar-refractivity contribution is -0.173. The topological polar surface area (TPSA) is 50.2 Å². The number of anilines is 1. The lowest BCUT2D eigenvalue weighted by Crippen LogP contribution is -2.42. The standard InChI is InChI=1S/C20H29F3N4O/c1-2-15-10-17(20(21,22)23)27-18(24-15)11-16(25-27)14-8-5-9-26(12-14)19(28)13-6-3-4-7-13/h11,13-15,17,24H,2-10,12H2,1H3/t14-,15+,17+/m0/s1. The summed E-state index contributed by atoms with van der Waals surface area (Å²) < 4.78 is 41.9. The molecule has 0 radical (unpaired) electrons. The minimum absolute atomic E-state index is 0.00504. The Morgan fingerprint density at radius 2 is 2.00 bits per heavy atom. The van der Waals surface area contributed by atoms with Crippen molar-refractivity contribution >= 4 is 11.7 Å². The molecule has 1 saturated carbocycles. The van der Waals surface area contributed by atoms with Crippen molar-refractivity contribution in [1.82, 2.24) is 14.7 Å². The molecule has 1 saturated heterocycles. The van der Waals surface area contributed by atoms with Crippen LogP contribution >= 0.6 is 0 Å². The summed E-state index contributed by atoms with van der Waals surface area (Å²) in [6.07, 6.45) is 2.23. The van der Waals surface area contributed by atoms with Crippen molar-refractivity contribution in [2.75, 3.05) is 18.4 Å². The van der Waals surface area contributed by atoms with E-state index in [1.807, 2.05) is 11.8 Å². The maximum Gasteiger partial charge on any atom is 0.410 e. The molecule has 4 rings (SSSR count). The molecule has 3 heterocycles. The molecule has 0 unspecified atom stereocenters. The Morgan fingerprint density at radius 1 is 1.25 bits per heavy atom. The van der Waals surface area contributed by atoms with Gasteiger partial charge >= 0.3 is 6.18 Å². The number of nitrogens with one attached hydrogen (secondary N) is 1. The van der Waals surface area contributed by atoms with E-state index in [0.29, 0.717) is 24.5 Å². The number of hydrogen-bond donors (Lipinski definition) is 1. The number of rotatable bonds is 3. The highest BCUT2D eigenvalue weighted by Crippen LogP contribution is 2.41. The van der Waals surface area contributed by atoms with Crippen LogP contribution in [0, 0.1) is 5.92 Å². The summed E-state index contributed by atoms with van der Waals surface area (Å²) in [5, 5.41) is 7.59. The van der Waals surface area contributed by atoms with E-state index in [9.17, 15) is 18.0 Å². The van der Waals surface area contributed by atoms with Gasteiger partial charge in [0.15, 0.2) is 6.04 Å². The van der Waals surface area contributed by atoms with Crippen molar-refractivity contribution in [2.45, 2.75) is 82.5 Å². The summed E-state index contributed by atoms with van der Waals surface area (Å²) in [5.41, 5.74) is 0.678. The molecular weight excluding hydrogens is 369 g/mol. The lowest BCUT2D eigenvalue weighted by atomic mass is 9.93. The van der Waals surface area contributed by atoms with Crippen molar-refractivity contribution in [1.29, 1.82) is 0 Å². The number of halogens is 3. The number of fused-ring (bicyclic) bond motifs is 1. The molecule has 8 heteroatoms. The predicted octanol–water partition coefficient (Wildman–Crippen LogP) is 4.48. The smallest absolute Gasteiger partial charge is 0.367 e. The number of carbonyl (C=O) groups is 1. The van der Waals surface area contributed by atoms with Gasteiger partial charge in [0.25, 0.3) is 0 Å². The maximum atomic E-state index is 13.6. The van der Waals surface area contributed by atoms with Crippen LogP contribution in [-0.2, 0) is 4.79 Å². The first kappa shape index (κ1) is 19.6. The van der Waals surface area contributed by atoms with Crippen LogP contribution < -0.4 is 5.32 Å². The van der Waals surface area contributed by atoms with Crippen LogP contribution in [0.3, 0.4) is 0 Å². The van der Waals surface area contributed by atoms with Gasteiger partial charge in [-0.15, -0.1) is 0 Å². The zero-order chi connectivity index (χ0) is 19.9. The van der Waals surface area contributed by atoms with Crippen LogP contribution in [0.5, 0.6) is 0 Å². The second kappa shape index (κ2) is 7.59. The van der Waals surface area contributed by atoms with Crippen LogP contribution in [0.25, 0.3) is 0 Å². The van der Waals surface area contributed by atoms with E-state index in [1.165, 1.54) is 0 Å². The van der Waals surface area contributed by atoms with Crippen molar-refractivity contribution < 1.29 is 18.0 Å². The molecule has 1 aromatic heterocycles. The van der Waals surface area contributed by atoms with E-state index < -0.39 is 12.2 Å². The fourth-order valence-corrected chi connectivity index (χ4v) is 4.99. The van der Waals surface area contributed by atoms with E-state index >= 15 is 0 Å². The van der Waals surface area contributed by atoms with Crippen molar-refractivity contribution in [3.05, 3.63) is 11.8 Å². The number of likely N-dealkylation sites (tertiary alicyclic amines) is 1. The summed E-state index contributed by atoms with van der Waals surface area (Å²) in [6, 6.07) is -0.00728. The Morgan fingerprint density at radius 3 is 2.68 bits per heavy atom. The lowest BCUT2D eigenvalue weighted by Gasteiger charge is -2.34. The van der Waals surface area contributed by atoms with Crippen molar-refractivity contribution in [3.63, 3.8) is 0 Å². The third kappa shape index (κ3) is 3.74. The Bertz CT molecular complexity index is 711. The maximum absolute atomic E-state index is 13.6. The van der Waals surface area contributed by atoms with E-state index in [1.54, 1.807) is 6.07 Å². The van der Waals surface area contributed by atoms with E-state index in [0.717, 1.165) is 49.8 Å². The molecule has 0 aromatic carbocycles. The highest BCUT2D eigenvalue weighted by molar-refractivity contribution is 5.79. The molecule has 5 nitrogen and oxygen atoms in total. The van der Waals surface area contributed by atoms with Crippen LogP contribution in [0.1, 0.15) is 75.9 Å². The van der Waals surface area contributed by atoms with Gasteiger partial charge in [0.05, 0.1) is 5.69 Å². The third-order valence-corrected chi connectivity index (χ3v) is 6.64. The second-order valence-electron chi connectivity index (χ2n) is 8.55. The van der Waals surface area contributed by atoms with Gasteiger partial charge < -0.3 is 10.2 Å². The molecule has 3 atom stereocenters. The fourth-order valence-electron chi connectivity index (χ4n) is 4.99. The molecule has 3 aliphatic rings. The first-order valence-electron chi connectivity index (χ1n) is 10.6. The largest absolute Gasteiger partial charge is 0.410 e. The molecule has 1 aromatic rings. The van der Waals surface area contributed by atoms with Gasteiger partial charge in [-0.2, -0.15) is 18.3 Å². The SMILES string of the molecule is CC[C@@H]1C[C@H](C(F)(F)F)n2nc([C@H]3CCCN(C(=O)C4CCCC4)C3)cc2N1. The monoisotopic (exact) mass is 398 g/mol. The minimum Gasteiger partial charge on any atom is -0.367 e. The van der Waals surface area contributed by atoms with Crippen LogP contribution in [-0.4, -0.2) is 45.9 Å². The van der Waals surface area contributed by atoms with Crippen LogP contribution in [0.15, 0.2) is 6.07 Å². The average Bonchev–Trinajstić information content (AvgIpc) is 3.35. The number of hydrogen-bond acceptors (Lipinski definition) is 3. The van der Waals surface area contributed by atoms with Crippen LogP contribution in [0.2, 0.25) is 0 Å². The van der Waals surface area contributed by atoms with E-state index in [-0.39, 0.29) is 30.2 Å². The first-order chi connectivity index (χ1) is 13.4. The summed E-state index contributed by atoms with van der Waals surface area (Å²) in [5.74, 6) is 0.821. The van der Waals surface area contributed by atoms with Crippen molar-refractivity contribution in [2.24, 2.45) is 5.92 Å². The number of piperidine rings is 1. The molecule has 1 aliphatic carbocycles. The molecule has 1 N–H and O–H groups in total. The molecule has 0 bridgehead atoms. The zero-order valence-corrected chi connectivity index (χ0v) is 16.3. The molecule has 28 heavy (non-hydrogen) atoms. The molecular formula is C20H29F3N4O. The minimum atomic E-state index is -4.31. The molecule has 1 amide bonds. The first-order valence-corrected chi connectivity index (χ1v) is 10.6. The molecule has 0 spiro atoms. The Labute approximate surface area is 163 Å². The molecule has 156 valence electrons. The average molecular weight is 398 g/mol. The Hall–Kier alpha value is -1.73. The van der Waals surface area contributed by atoms with E-state index in [2.05, 4.69) is 10.4 Å². The highest BCUT2D eigenvalue weighted by Gasteiger charge is 2.46. The van der Waals surface area contributed by atoms with Gasteiger partial charge in [-0.25, -0.2) is 4.68 Å². The normalized spacial score (nSPS) is 28.9. The molecule has 2 fully saturated rings. The highest BCUT2D eigenvalue weighted by atomic mass is 19.4. The number of alkyl halides is 3. The number of carbonyl (C=O) groups excluding carboxylic acids is 1. The van der Waals surface area contributed by atoms with Gasteiger partial charge in [-0.3, -0.25) is 4.79 Å². The number of nitrogens with zero attached hydrogens (tertiary/aromatic N) is 3. The number of amides is 1. The summed E-state index contributed by atoms with van der Waals surface area (Å²) in [4.78, 5) is 14.7. The molecule has 2 aliphatic heterocycles. The number of aromatic nitrogens is 2.